The third-order valence-corrected chi connectivity index (χ3v) is 1.65. The predicted octanol–water partition coefficient (Wildman–Crippen LogP) is 1.17. The lowest BCUT2D eigenvalue weighted by Gasteiger charge is -2.10. The Morgan fingerprint density at radius 1 is 1.54 bits per heavy atom. The van der Waals surface area contributed by atoms with Crippen LogP contribution in [0, 0.1) is 5.92 Å². The zero-order valence-electron chi connectivity index (χ0n) is 8.03. The number of hydrogen-bond acceptors (Lipinski definition) is 4. The molecule has 1 aromatic rings. The molecule has 0 saturated carbocycles. The van der Waals surface area contributed by atoms with E-state index in [9.17, 15) is 0 Å². The predicted molar refractivity (Wildman–Crippen MR) is 51.6 cm³/mol. The number of methoxy groups -OCH3 is 1. The molecule has 1 unspecified atom stereocenters. The number of anilines is 1. The monoisotopic (exact) mass is 181 g/mol. The molecule has 0 spiro atoms. The van der Waals surface area contributed by atoms with E-state index >= 15 is 0 Å². The SMILES string of the molecule is COCC(C)CNc1cnccn1. The van der Waals surface area contributed by atoms with Crippen molar-refractivity contribution in [3.8, 4) is 0 Å². The van der Waals surface area contributed by atoms with Crippen molar-refractivity contribution in [3.63, 3.8) is 0 Å². The molecule has 0 aliphatic rings. The van der Waals surface area contributed by atoms with Gasteiger partial charge in [-0.05, 0) is 5.92 Å². The lowest BCUT2D eigenvalue weighted by Crippen LogP contribution is -2.16. The van der Waals surface area contributed by atoms with E-state index in [0.717, 1.165) is 19.0 Å². The maximum Gasteiger partial charge on any atom is 0.144 e. The molecule has 0 aliphatic carbocycles. The molecule has 1 rings (SSSR count). The van der Waals surface area contributed by atoms with E-state index in [1.54, 1.807) is 25.7 Å². The fraction of sp³-hybridized carbons (Fsp3) is 0.556. The van der Waals surface area contributed by atoms with Gasteiger partial charge < -0.3 is 10.1 Å². The summed E-state index contributed by atoms with van der Waals surface area (Å²) < 4.78 is 5.02. The molecule has 1 heterocycles. The van der Waals surface area contributed by atoms with Gasteiger partial charge >= 0.3 is 0 Å². The van der Waals surface area contributed by atoms with Gasteiger partial charge in [-0.3, -0.25) is 4.98 Å². The minimum absolute atomic E-state index is 0.479. The van der Waals surface area contributed by atoms with E-state index < -0.39 is 0 Å². The first-order valence-corrected chi connectivity index (χ1v) is 4.31. The molecule has 0 aliphatic heterocycles. The van der Waals surface area contributed by atoms with Crippen molar-refractivity contribution in [2.45, 2.75) is 6.92 Å². The van der Waals surface area contributed by atoms with Crippen LogP contribution >= 0.6 is 0 Å². The van der Waals surface area contributed by atoms with Crippen LogP contribution in [0.25, 0.3) is 0 Å². The average Bonchev–Trinajstić information content (AvgIpc) is 2.17. The maximum absolute atomic E-state index is 5.02. The first-order valence-electron chi connectivity index (χ1n) is 4.31. The van der Waals surface area contributed by atoms with Crippen molar-refractivity contribution in [3.05, 3.63) is 18.6 Å². The van der Waals surface area contributed by atoms with Crippen LogP contribution in [0.3, 0.4) is 0 Å². The maximum atomic E-state index is 5.02. The van der Waals surface area contributed by atoms with Crippen molar-refractivity contribution in [2.75, 3.05) is 25.6 Å². The Morgan fingerprint density at radius 3 is 3.00 bits per heavy atom. The van der Waals surface area contributed by atoms with E-state index in [0.29, 0.717) is 5.92 Å². The molecule has 0 aromatic carbocycles. The summed E-state index contributed by atoms with van der Waals surface area (Å²) >= 11 is 0. The van der Waals surface area contributed by atoms with E-state index in [-0.39, 0.29) is 0 Å². The van der Waals surface area contributed by atoms with Crippen LogP contribution in [-0.4, -0.2) is 30.2 Å². The smallest absolute Gasteiger partial charge is 0.144 e. The summed E-state index contributed by atoms with van der Waals surface area (Å²) in [4.78, 5) is 8.05. The Hall–Kier alpha value is -1.16. The van der Waals surface area contributed by atoms with Gasteiger partial charge in [0, 0.05) is 26.0 Å². The van der Waals surface area contributed by atoms with Gasteiger partial charge in [0.25, 0.3) is 0 Å². The molecule has 0 bridgehead atoms. The third kappa shape index (κ3) is 3.85. The Bertz CT molecular complexity index is 228. The standard InChI is InChI=1S/C9H15N3O/c1-8(7-13-2)5-12-9-6-10-3-4-11-9/h3-4,6,8H,5,7H2,1-2H3,(H,11,12). The highest BCUT2D eigenvalue weighted by atomic mass is 16.5. The van der Waals surface area contributed by atoms with Gasteiger partial charge in [0.2, 0.25) is 0 Å². The lowest BCUT2D eigenvalue weighted by molar-refractivity contribution is 0.164. The van der Waals surface area contributed by atoms with Gasteiger partial charge in [-0.25, -0.2) is 4.98 Å². The molecule has 1 aromatic heterocycles. The number of hydrogen-bond donors (Lipinski definition) is 1. The van der Waals surface area contributed by atoms with Crippen LogP contribution < -0.4 is 5.32 Å². The Balaban J connectivity index is 2.27. The molecule has 0 fully saturated rings. The van der Waals surface area contributed by atoms with Crippen LogP contribution in [-0.2, 0) is 4.74 Å². The first-order chi connectivity index (χ1) is 6.33. The summed E-state index contributed by atoms with van der Waals surface area (Å²) in [5, 5.41) is 3.18. The van der Waals surface area contributed by atoms with Gasteiger partial charge in [-0.2, -0.15) is 0 Å². The largest absolute Gasteiger partial charge is 0.384 e. The average molecular weight is 181 g/mol. The third-order valence-electron chi connectivity index (χ3n) is 1.65. The number of rotatable bonds is 5. The van der Waals surface area contributed by atoms with Crippen molar-refractivity contribution < 1.29 is 4.74 Å². The summed E-state index contributed by atoms with van der Waals surface area (Å²) in [7, 11) is 1.71. The molecule has 72 valence electrons. The quantitative estimate of drug-likeness (QED) is 0.740. The van der Waals surface area contributed by atoms with E-state index in [2.05, 4.69) is 22.2 Å². The molecule has 4 nitrogen and oxygen atoms in total. The number of nitrogens with zero attached hydrogens (tertiary/aromatic N) is 2. The van der Waals surface area contributed by atoms with Crippen molar-refractivity contribution >= 4 is 5.82 Å². The Kier molecular flexibility index (Phi) is 4.18. The number of ether oxygens (including phenoxy) is 1. The van der Waals surface area contributed by atoms with Gasteiger partial charge in [0.1, 0.15) is 5.82 Å². The van der Waals surface area contributed by atoms with Crippen LogP contribution in [0.4, 0.5) is 5.82 Å². The van der Waals surface area contributed by atoms with Gasteiger partial charge in [-0.15, -0.1) is 0 Å². The summed E-state index contributed by atoms with van der Waals surface area (Å²) in [6.07, 6.45) is 5.03. The fourth-order valence-electron chi connectivity index (χ4n) is 1.01. The van der Waals surface area contributed by atoms with Crippen LogP contribution in [0.15, 0.2) is 18.6 Å². The molecule has 0 radical (unpaired) electrons. The normalized spacial score (nSPS) is 12.5. The highest BCUT2D eigenvalue weighted by molar-refractivity contribution is 5.29. The van der Waals surface area contributed by atoms with E-state index in [1.165, 1.54) is 0 Å². The molecule has 1 atom stereocenters. The Morgan fingerprint density at radius 2 is 2.38 bits per heavy atom. The van der Waals surface area contributed by atoms with Gasteiger partial charge in [0.05, 0.1) is 12.8 Å². The summed E-state index contributed by atoms with van der Waals surface area (Å²) in [5.41, 5.74) is 0. The van der Waals surface area contributed by atoms with Crippen LogP contribution in [0.1, 0.15) is 6.92 Å². The molecule has 1 N–H and O–H groups in total. The number of nitrogens with one attached hydrogen (secondary N) is 1. The second-order valence-corrected chi connectivity index (χ2v) is 3.03. The fourth-order valence-corrected chi connectivity index (χ4v) is 1.01. The molecular formula is C9H15N3O. The van der Waals surface area contributed by atoms with E-state index in [1.807, 2.05) is 0 Å². The first kappa shape index (κ1) is 9.92. The minimum Gasteiger partial charge on any atom is -0.384 e. The molecule has 0 amide bonds. The van der Waals surface area contributed by atoms with Crippen LogP contribution in [0.2, 0.25) is 0 Å². The molecular weight excluding hydrogens is 166 g/mol. The minimum atomic E-state index is 0.479. The van der Waals surface area contributed by atoms with Gasteiger partial charge in [-0.1, -0.05) is 6.92 Å². The summed E-state index contributed by atoms with van der Waals surface area (Å²) in [5.74, 6) is 1.29. The van der Waals surface area contributed by atoms with Crippen molar-refractivity contribution in [1.29, 1.82) is 0 Å². The zero-order chi connectivity index (χ0) is 9.52. The van der Waals surface area contributed by atoms with Gasteiger partial charge in [0.15, 0.2) is 0 Å². The summed E-state index contributed by atoms with van der Waals surface area (Å²) in [6, 6.07) is 0. The zero-order valence-corrected chi connectivity index (χ0v) is 8.03. The summed E-state index contributed by atoms with van der Waals surface area (Å²) in [6.45, 7) is 3.73. The Labute approximate surface area is 78.4 Å². The molecule has 13 heavy (non-hydrogen) atoms. The highest BCUT2D eigenvalue weighted by Crippen LogP contribution is 2.00. The van der Waals surface area contributed by atoms with Crippen molar-refractivity contribution in [1.82, 2.24) is 9.97 Å². The van der Waals surface area contributed by atoms with Crippen LogP contribution in [0.5, 0.6) is 0 Å². The lowest BCUT2D eigenvalue weighted by atomic mass is 10.2. The second kappa shape index (κ2) is 5.48. The number of aromatic nitrogens is 2. The highest BCUT2D eigenvalue weighted by Gasteiger charge is 2.00. The molecule has 0 saturated heterocycles. The van der Waals surface area contributed by atoms with Crippen molar-refractivity contribution in [2.24, 2.45) is 5.92 Å². The second-order valence-electron chi connectivity index (χ2n) is 3.03. The topological polar surface area (TPSA) is 47.0 Å². The van der Waals surface area contributed by atoms with E-state index in [4.69, 9.17) is 4.74 Å². The molecule has 4 heteroatoms.